The Morgan fingerprint density at radius 1 is 1.25 bits per heavy atom. The van der Waals surface area contributed by atoms with Gasteiger partial charge in [0.05, 0.1) is 10.8 Å². The summed E-state index contributed by atoms with van der Waals surface area (Å²) in [5.41, 5.74) is 0.169. The Kier molecular flexibility index (Phi) is 3.25. The van der Waals surface area contributed by atoms with Gasteiger partial charge in [0.2, 0.25) is 11.8 Å². The summed E-state index contributed by atoms with van der Waals surface area (Å²) in [6, 6.07) is 6.63. The van der Waals surface area contributed by atoms with Crippen molar-refractivity contribution in [2.75, 3.05) is 0 Å². The quantitative estimate of drug-likeness (QED) is 0.856. The second-order valence-electron chi connectivity index (χ2n) is 4.95. The molecule has 1 unspecified atom stereocenters. The number of likely N-dealkylation sites (tertiary alicyclic amines) is 1. The summed E-state index contributed by atoms with van der Waals surface area (Å²) in [6.07, 6.45) is 1.94. The van der Waals surface area contributed by atoms with E-state index >= 15 is 0 Å². The zero-order valence-corrected chi connectivity index (χ0v) is 11.4. The summed E-state index contributed by atoms with van der Waals surface area (Å²) in [6.45, 7) is 0. The second kappa shape index (κ2) is 4.94. The van der Waals surface area contributed by atoms with Gasteiger partial charge in [-0.15, -0.1) is 11.8 Å². The molecule has 6 heteroatoms. The number of amides is 2. The van der Waals surface area contributed by atoms with E-state index in [0.29, 0.717) is 4.90 Å². The maximum absolute atomic E-state index is 12.2. The highest BCUT2D eigenvalue weighted by Crippen LogP contribution is 2.38. The smallest absolute Gasteiger partial charge is 0.336 e. The van der Waals surface area contributed by atoms with Crippen LogP contribution in [0.4, 0.5) is 0 Å². The first-order valence-corrected chi connectivity index (χ1v) is 7.31. The van der Waals surface area contributed by atoms with Crippen molar-refractivity contribution < 1.29 is 19.5 Å². The van der Waals surface area contributed by atoms with Crippen LogP contribution in [0.2, 0.25) is 0 Å². The molecule has 2 fully saturated rings. The average molecular weight is 291 g/mol. The van der Waals surface area contributed by atoms with Crippen molar-refractivity contribution in [2.24, 2.45) is 0 Å². The SMILES string of the molecule is O=C(O)c1ccccc1SC1CC(=O)N(C2CC2)C1=O. The van der Waals surface area contributed by atoms with Gasteiger partial charge in [0.15, 0.2) is 0 Å². The number of hydrogen-bond acceptors (Lipinski definition) is 4. The molecule has 1 aliphatic heterocycles. The number of rotatable bonds is 4. The Hall–Kier alpha value is -1.82. The van der Waals surface area contributed by atoms with Gasteiger partial charge in [-0.3, -0.25) is 14.5 Å². The van der Waals surface area contributed by atoms with Crippen LogP contribution in [0, 0.1) is 0 Å². The third-order valence-corrected chi connectivity index (χ3v) is 4.70. The predicted octanol–water partition coefficient (Wildman–Crippen LogP) is 1.77. The van der Waals surface area contributed by atoms with Gasteiger partial charge in [0.25, 0.3) is 0 Å². The summed E-state index contributed by atoms with van der Waals surface area (Å²) in [5, 5.41) is 8.64. The van der Waals surface area contributed by atoms with Crippen molar-refractivity contribution in [3.8, 4) is 0 Å². The molecule has 1 N–H and O–H groups in total. The molecule has 0 bridgehead atoms. The normalized spacial score (nSPS) is 22.4. The molecule has 0 radical (unpaired) electrons. The summed E-state index contributed by atoms with van der Waals surface area (Å²) in [4.78, 5) is 37.1. The monoisotopic (exact) mass is 291 g/mol. The molecule has 1 aromatic rings. The molecular weight excluding hydrogens is 278 g/mol. The Morgan fingerprint density at radius 3 is 2.60 bits per heavy atom. The van der Waals surface area contributed by atoms with Crippen LogP contribution in [-0.4, -0.2) is 39.1 Å². The fourth-order valence-electron chi connectivity index (χ4n) is 2.33. The Bertz CT molecular complexity index is 597. The van der Waals surface area contributed by atoms with E-state index in [4.69, 9.17) is 5.11 Å². The predicted molar refractivity (Wildman–Crippen MR) is 72.5 cm³/mol. The topological polar surface area (TPSA) is 74.7 Å². The fourth-order valence-corrected chi connectivity index (χ4v) is 3.52. The van der Waals surface area contributed by atoms with Gasteiger partial charge in [-0.1, -0.05) is 12.1 Å². The number of benzene rings is 1. The molecule has 1 heterocycles. The van der Waals surface area contributed by atoms with Gasteiger partial charge >= 0.3 is 5.97 Å². The highest BCUT2D eigenvalue weighted by atomic mass is 32.2. The van der Waals surface area contributed by atoms with E-state index in [9.17, 15) is 14.4 Å². The maximum Gasteiger partial charge on any atom is 0.336 e. The molecule has 1 atom stereocenters. The lowest BCUT2D eigenvalue weighted by atomic mass is 10.2. The number of aromatic carboxylic acids is 1. The number of carbonyl (C=O) groups is 3. The van der Waals surface area contributed by atoms with Crippen LogP contribution in [0.15, 0.2) is 29.2 Å². The Morgan fingerprint density at radius 2 is 1.95 bits per heavy atom. The average Bonchev–Trinajstić information content (AvgIpc) is 3.19. The molecule has 5 nitrogen and oxygen atoms in total. The van der Waals surface area contributed by atoms with Crippen LogP contribution in [-0.2, 0) is 9.59 Å². The number of imide groups is 1. The summed E-state index contributed by atoms with van der Waals surface area (Å²) in [7, 11) is 0. The molecule has 1 aromatic carbocycles. The number of thioether (sulfide) groups is 1. The van der Waals surface area contributed by atoms with E-state index in [-0.39, 0.29) is 29.8 Å². The van der Waals surface area contributed by atoms with E-state index < -0.39 is 11.2 Å². The van der Waals surface area contributed by atoms with Crippen LogP contribution >= 0.6 is 11.8 Å². The minimum Gasteiger partial charge on any atom is -0.478 e. The minimum atomic E-state index is -1.02. The van der Waals surface area contributed by atoms with Crippen molar-refractivity contribution in [3.63, 3.8) is 0 Å². The van der Waals surface area contributed by atoms with E-state index in [2.05, 4.69) is 0 Å². The third-order valence-electron chi connectivity index (χ3n) is 3.44. The van der Waals surface area contributed by atoms with Crippen molar-refractivity contribution in [2.45, 2.75) is 35.4 Å². The molecule has 2 aliphatic rings. The molecule has 0 spiro atoms. The molecular formula is C14H13NO4S. The molecule has 1 saturated carbocycles. The van der Waals surface area contributed by atoms with Crippen LogP contribution < -0.4 is 0 Å². The summed E-state index contributed by atoms with van der Waals surface area (Å²) in [5.74, 6) is -1.34. The molecule has 3 rings (SSSR count). The van der Waals surface area contributed by atoms with E-state index in [1.807, 2.05) is 0 Å². The van der Waals surface area contributed by atoms with Gasteiger partial charge < -0.3 is 5.11 Å². The standard InChI is InChI=1S/C14H13NO4S/c16-12-7-11(13(17)15(12)8-5-6-8)20-10-4-2-1-3-9(10)14(18)19/h1-4,8,11H,5-7H2,(H,18,19). The number of carboxylic acids is 1. The van der Waals surface area contributed by atoms with Crippen molar-refractivity contribution in [1.29, 1.82) is 0 Å². The van der Waals surface area contributed by atoms with Crippen molar-refractivity contribution in [3.05, 3.63) is 29.8 Å². The number of nitrogens with zero attached hydrogens (tertiary/aromatic N) is 1. The Labute approximate surface area is 120 Å². The van der Waals surface area contributed by atoms with Gasteiger partial charge in [0, 0.05) is 17.4 Å². The first kappa shape index (κ1) is 13.2. The molecule has 0 aromatic heterocycles. The zero-order valence-electron chi connectivity index (χ0n) is 10.6. The molecule has 104 valence electrons. The number of carboxylic acid groups (broad SMARTS) is 1. The number of hydrogen-bond donors (Lipinski definition) is 1. The van der Waals surface area contributed by atoms with E-state index in [0.717, 1.165) is 12.8 Å². The first-order valence-electron chi connectivity index (χ1n) is 6.43. The summed E-state index contributed by atoms with van der Waals surface area (Å²) >= 11 is 1.17. The second-order valence-corrected chi connectivity index (χ2v) is 6.19. The van der Waals surface area contributed by atoms with Crippen LogP contribution in [0.3, 0.4) is 0 Å². The largest absolute Gasteiger partial charge is 0.478 e. The lowest BCUT2D eigenvalue weighted by molar-refractivity contribution is -0.138. The van der Waals surface area contributed by atoms with Crippen LogP contribution in [0.1, 0.15) is 29.6 Å². The van der Waals surface area contributed by atoms with Gasteiger partial charge in [-0.05, 0) is 25.0 Å². The zero-order chi connectivity index (χ0) is 14.3. The van der Waals surface area contributed by atoms with E-state index in [1.54, 1.807) is 18.2 Å². The van der Waals surface area contributed by atoms with Gasteiger partial charge in [-0.25, -0.2) is 4.79 Å². The Balaban J connectivity index is 1.80. The molecule has 1 aliphatic carbocycles. The lowest BCUT2D eigenvalue weighted by Crippen LogP contribution is -2.33. The van der Waals surface area contributed by atoms with Crippen LogP contribution in [0.25, 0.3) is 0 Å². The minimum absolute atomic E-state index is 0.0790. The molecule has 1 saturated heterocycles. The first-order chi connectivity index (χ1) is 9.58. The highest BCUT2D eigenvalue weighted by Gasteiger charge is 2.46. The molecule has 20 heavy (non-hydrogen) atoms. The summed E-state index contributed by atoms with van der Waals surface area (Å²) < 4.78 is 0. The van der Waals surface area contributed by atoms with Gasteiger partial charge in [0.1, 0.15) is 0 Å². The maximum atomic E-state index is 12.2. The van der Waals surface area contributed by atoms with Gasteiger partial charge in [-0.2, -0.15) is 0 Å². The van der Waals surface area contributed by atoms with Crippen LogP contribution in [0.5, 0.6) is 0 Å². The highest BCUT2D eigenvalue weighted by molar-refractivity contribution is 8.00. The number of carbonyl (C=O) groups excluding carboxylic acids is 2. The fraction of sp³-hybridized carbons (Fsp3) is 0.357. The molecule has 2 amide bonds. The van der Waals surface area contributed by atoms with Crippen molar-refractivity contribution in [1.82, 2.24) is 4.90 Å². The van der Waals surface area contributed by atoms with Crippen molar-refractivity contribution >= 4 is 29.5 Å². The third kappa shape index (κ3) is 2.31. The lowest BCUT2D eigenvalue weighted by Gasteiger charge is -2.13. The van der Waals surface area contributed by atoms with E-state index in [1.165, 1.54) is 22.7 Å².